The Labute approximate surface area is 355 Å². The number of hydrogen-bond donors (Lipinski definition) is 1. The smallest absolute Gasteiger partial charge is 0.309 e. The van der Waals surface area contributed by atoms with Crippen LogP contribution in [0.5, 0.6) is 0 Å². The molecule has 8 atom stereocenters. The number of carboxylic acid groups (broad SMARTS) is 1. The summed E-state index contributed by atoms with van der Waals surface area (Å²) in [4.78, 5) is 49.3. The summed E-state index contributed by atoms with van der Waals surface area (Å²) in [6.45, 7) is 25.0. The number of hydrogen-bond acceptors (Lipinski definition) is 8. The Morgan fingerprint density at radius 2 is 1.55 bits per heavy atom. The van der Waals surface area contributed by atoms with Crippen molar-refractivity contribution in [3.63, 3.8) is 0 Å². The fraction of sp³-hybridized carbons (Fsp3) is 0.796. The van der Waals surface area contributed by atoms with E-state index < -0.39 is 17.4 Å². The minimum Gasteiger partial charge on any atom is -0.481 e. The third kappa shape index (κ3) is 7.45. The maximum absolute atomic E-state index is 14.5. The molecule has 1 aromatic rings. The molecule has 0 spiro atoms. The summed E-state index contributed by atoms with van der Waals surface area (Å²) in [5.41, 5.74) is 2.25. The molecule has 8 nitrogen and oxygen atoms in total. The molecule has 9 heteroatoms. The molecule has 5 aliphatic carbocycles. The summed E-state index contributed by atoms with van der Waals surface area (Å²) >= 11 is 2.08. The molecular weight excluding hydrogens is 743 g/mol. The number of carboxylic acids is 1. The number of aliphatic carboxylic acids is 1. The lowest BCUT2D eigenvalue weighted by atomic mass is 9.36. The summed E-state index contributed by atoms with van der Waals surface area (Å²) in [6.07, 6.45) is 14.1. The molecule has 3 unspecified atom stereocenters. The Hall–Kier alpha value is -2.23. The van der Waals surface area contributed by atoms with Crippen LogP contribution in [0.1, 0.15) is 146 Å². The van der Waals surface area contributed by atoms with Crippen LogP contribution in [0.2, 0.25) is 0 Å². The number of thioether (sulfide) groups is 1. The van der Waals surface area contributed by atoms with Gasteiger partial charge in [-0.3, -0.25) is 24.3 Å². The molecule has 1 heterocycles. The summed E-state index contributed by atoms with van der Waals surface area (Å²) in [5.74, 6) is 0.642. The van der Waals surface area contributed by atoms with E-state index in [1.54, 1.807) is 19.4 Å². The number of aromatic nitrogens is 1. The molecule has 4 fully saturated rings. The van der Waals surface area contributed by atoms with Gasteiger partial charge in [0.25, 0.3) is 0 Å². The number of esters is 1. The minimum atomic E-state index is -1.16. The van der Waals surface area contributed by atoms with E-state index in [1.165, 1.54) is 0 Å². The van der Waals surface area contributed by atoms with Crippen molar-refractivity contribution >= 4 is 29.5 Å². The largest absolute Gasteiger partial charge is 0.481 e. The van der Waals surface area contributed by atoms with E-state index in [9.17, 15) is 19.5 Å². The monoisotopic (exact) mass is 820 g/mol. The molecule has 0 saturated heterocycles. The summed E-state index contributed by atoms with van der Waals surface area (Å²) in [6, 6.07) is 6.25. The van der Waals surface area contributed by atoms with Crippen LogP contribution in [0.3, 0.4) is 0 Å². The molecule has 0 bridgehead atoms. The molecule has 58 heavy (non-hydrogen) atoms. The SMILES string of the molecule is CS[C@]12CCC3[C@@]4(C)CC[C@H](OC(=O)CC(C)(C)C(=O)O)C(C)(C)C4CC[C@@]3(C)C1CC[C@@]1(CCN(CCN(C)C)C(C)(C)c3ccccn3)CC(=O)C(C(C)C)=C12. The number of rotatable bonds is 14. The van der Waals surface area contributed by atoms with E-state index in [0.717, 1.165) is 88.7 Å². The first kappa shape index (κ1) is 45.3. The molecule has 324 valence electrons. The third-order valence-corrected chi connectivity index (χ3v) is 18.7. The number of pyridine rings is 1. The molecule has 0 amide bonds. The van der Waals surface area contributed by atoms with Crippen molar-refractivity contribution in [2.24, 2.45) is 50.7 Å². The Kier molecular flexibility index (Phi) is 12.4. The van der Waals surface area contributed by atoms with Gasteiger partial charge in [-0.1, -0.05) is 47.6 Å². The minimum absolute atomic E-state index is 0.0668. The van der Waals surface area contributed by atoms with Gasteiger partial charge >= 0.3 is 11.9 Å². The van der Waals surface area contributed by atoms with E-state index in [4.69, 9.17) is 9.72 Å². The Bertz CT molecular complexity index is 1750. The van der Waals surface area contributed by atoms with Crippen LogP contribution in [0.4, 0.5) is 0 Å². The molecule has 0 radical (unpaired) electrons. The van der Waals surface area contributed by atoms with Gasteiger partial charge in [-0.05, 0) is 170 Å². The van der Waals surface area contributed by atoms with Crippen molar-refractivity contribution in [2.75, 3.05) is 40.0 Å². The number of nitrogens with zero attached hydrogens (tertiary/aromatic N) is 3. The van der Waals surface area contributed by atoms with Crippen LogP contribution in [-0.2, 0) is 24.7 Å². The molecule has 0 aromatic carbocycles. The zero-order chi connectivity index (χ0) is 42.9. The Balaban J connectivity index is 1.31. The number of Topliss-reactive ketones (excluding diaryl/α,β-unsaturated/α-hetero) is 1. The van der Waals surface area contributed by atoms with Crippen molar-refractivity contribution in [3.05, 3.63) is 41.2 Å². The lowest BCUT2D eigenvalue weighted by Gasteiger charge is -2.71. The van der Waals surface area contributed by atoms with Gasteiger partial charge in [0.1, 0.15) is 6.10 Å². The number of allylic oxidation sites excluding steroid dienone is 1. The van der Waals surface area contributed by atoms with E-state index in [-0.39, 0.29) is 50.4 Å². The van der Waals surface area contributed by atoms with E-state index in [1.807, 2.05) is 12.3 Å². The fourth-order valence-electron chi connectivity index (χ4n) is 14.2. The van der Waals surface area contributed by atoms with Crippen molar-refractivity contribution in [1.82, 2.24) is 14.8 Å². The van der Waals surface area contributed by atoms with Gasteiger partial charge in [0.05, 0.1) is 23.1 Å². The van der Waals surface area contributed by atoms with E-state index in [0.29, 0.717) is 30.0 Å². The Morgan fingerprint density at radius 1 is 0.914 bits per heavy atom. The van der Waals surface area contributed by atoms with Crippen molar-refractivity contribution in [1.29, 1.82) is 0 Å². The third-order valence-electron chi connectivity index (χ3n) is 17.3. The van der Waals surface area contributed by atoms with Crippen LogP contribution in [-0.4, -0.2) is 88.4 Å². The van der Waals surface area contributed by atoms with Gasteiger partial charge in [0.15, 0.2) is 5.78 Å². The second kappa shape index (κ2) is 15.9. The lowest BCUT2D eigenvalue weighted by molar-refractivity contribution is -0.211. The van der Waals surface area contributed by atoms with Crippen molar-refractivity contribution in [3.8, 4) is 0 Å². The second-order valence-corrected chi connectivity index (χ2v) is 23.4. The molecule has 5 aliphatic rings. The Morgan fingerprint density at radius 3 is 2.16 bits per heavy atom. The fourth-order valence-corrected chi connectivity index (χ4v) is 15.7. The lowest BCUT2D eigenvalue weighted by Crippen LogP contribution is -2.66. The van der Waals surface area contributed by atoms with Gasteiger partial charge < -0.3 is 14.7 Å². The van der Waals surface area contributed by atoms with Crippen molar-refractivity contribution < 1.29 is 24.2 Å². The number of carbonyl (C=O) groups excluding carboxylic acids is 2. The first-order valence-corrected chi connectivity index (χ1v) is 23.7. The first-order chi connectivity index (χ1) is 26.9. The topological polar surface area (TPSA) is 100 Å². The predicted octanol–water partition coefficient (Wildman–Crippen LogP) is 10.1. The van der Waals surface area contributed by atoms with E-state index in [2.05, 4.69) is 109 Å². The zero-order valence-electron chi connectivity index (χ0n) is 38.4. The average molecular weight is 820 g/mol. The summed E-state index contributed by atoms with van der Waals surface area (Å²) < 4.78 is 6.16. The normalized spacial score (nSPS) is 34.8. The highest BCUT2D eigenvalue weighted by Crippen LogP contribution is 2.76. The molecule has 0 aliphatic heterocycles. The van der Waals surface area contributed by atoms with Crippen LogP contribution in [0.15, 0.2) is 35.5 Å². The van der Waals surface area contributed by atoms with Crippen molar-refractivity contribution in [2.45, 2.75) is 156 Å². The summed E-state index contributed by atoms with van der Waals surface area (Å²) in [5, 5.41) is 9.68. The standard InChI is InChI=1S/C49H77N3O5S/c1-32(2)40-33(53)30-48(25-27-52(29-28-51(11)12)45(7,8)37-16-14-15-26-50-37)23-18-36-47(10)21-17-34-44(5,6)38(57-39(54)31-43(3,4)42(55)56)20-22-46(34,9)35(47)19-24-49(36,58-13)41(40)48/h14-16,26,32,34-36,38H,17-25,27-31H2,1-13H3,(H,55,56)/t34?,35?,36?,38-,46-,47+,48+,49+/m0/s1. The second-order valence-electron chi connectivity index (χ2n) is 22.2. The highest BCUT2D eigenvalue weighted by Gasteiger charge is 2.70. The number of likely N-dealkylation sites (N-methyl/N-ethyl adjacent to an activating group) is 1. The molecule has 4 saturated carbocycles. The maximum Gasteiger partial charge on any atom is 0.309 e. The highest BCUT2D eigenvalue weighted by atomic mass is 32.2. The van der Waals surface area contributed by atoms with Gasteiger partial charge in [0.2, 0.25) is 0 Å². The zero-order valence-corrected chi connectivity index (χ0v) is 39.2. The highest BCUT2D eigenvalue weighted by molar-refractivity contribution is 8.00. The molecule has 6 rings (SSSR count). The number of ether oxygens (including phenoxy) is 1. The summed E-state index contributed by atoms with van der Waals surface area (Å²) in [7, 11) is 4.30. The number of fused-ring (bicyclic) bond motifs is 7. The molecular formula is C49H77N3O5S. The molecule has 1 N–H and O–H groups in total. The quantitative estimate of drug-likeness (QED) is 0.184. The van der Waals surface area contributed by atoms with Gasteiger partial charge in [-0.15, -0.1) is 0 Å². The van der Waals surface area contributed by atoms with Crippen LogP contribution < -0.4 is 0 Å². The van der Waals surface area contributed by atoms with Gasteiger partial charge in [0, 0.05) is 41.3 Å². The molecule has 1 aromatic heterocycles. The van der Waals surface area contributed by atoms with Crippen LogP contribution in [0.25, 0.3) is 0 Å². The van der Waals surface area contributed by atoms with Crippen LogP contribution in [0, 0.1) is 50.7 Å². The van der Waals surface area contributed by atoms with Gasteiger partial charge in [-0.2, -0.15) is 11.8 Å². The first-order valence-electron chi connectivity index (χ1n) is 22.5. The predicted molar refractivity (Wildman–Crippen MR) is 235 cm³/mol. The maximum atomic E-state index is 14.5. The number of ketones is 1. The number of carbonyl (C=O) groups is 3. The van der Waals surface area contributed by atoms with Gasteiger partial charge in [-0.25, -0.2) is 0 Å². The van der Waals surface area contributed by atoms with Crippen LogP contribution >= 0.6 is 11.8 Å². The van der Waals surface area contributed by atoms with E-state index >= 15 is 0 Å². The average Bonchev–Trinajstić information content (AvgIpc) is 3.45.